The second-order valence-corrected chi connectivity index (χ2v) is 5.89. The summed E-state index contributed by atoms with van der Waals surface area (Å²) >= 11 is 0. The molecule has 0 aliphatic carbocycles. The second-order valence-electron chi connectivity index (χ2n) is 5.89. The summed E-state index contributed by atoms with van der Waals surface area (Å²) in [5.74, 6) is 1.58. The molecule has 2 heterocycles. The highest BCUT2D eigenvalue weighted by Crippen LogP contribution is 2.25. The smallest absolute Gasteiger partial charge is 0.254 e. The maximum atomic E-state index is 12.8. The minimum atomic E-state index is -0.0894. The number of hydrogen-bond acceptors (Lipinski definition) is 6. The van der Waals surface area contributed by atoms with Gasteiger partial charge in [0.1, 0.15) is 17.6 Å². The minimum absolute atomic E-state index is 0.0710. The van der Waals surface area contributed by atoms with Crippen LogP contribution in [0.3, 0.4) is 0 Å². The van der Waals surface area contributed by atoms with Gasteiger partial charge in [-0.2, -0.15) is 5.10 Å². The van der Waals surface area contributed by atoms with Crippen molar-refractivity contribution in [2.24, 2.45) is 0 Å². The molecule has 7 heteroatoms. The van der Waals surface area contributed by atoms with Crippen LogP contribution in [0.5, 0.6) is 17.4 Å². The van der Waals surface area contributed by atoms with Gasteiger partial charge >= 0.3 is 0 Å². The molecule has 0 spiro atoms. The molecule has 1 aromatic carbocycles. The minimum Gasteiger partial charge on any atom is -0.497 e. The molecule has 1 saturated heterocycles. The standard InChI is InChI=1S/C18H21N3O4/c1-12-4-5-17(20-19-12)25-14-6-7-21(11-14)18(22)13-8-15(23-2)10-16(9-13)24-3/h4-5,8-10,14H,6-7,11H2,1-3H3. The van der Waals surface area contributed by atoms with Crippen molar-refractivity contribution in [3.05, 3.63) is 41.6 Å². The molecule has 1 aliphatic heterocycles. The maximum Gasteiger partial charge on any atom is 0.254 e. The monoisotopic (exact) mass is 343 g/mol. The van der Waals surface area contributed by atoms with Crippen molar-refractivity contribution in [2.75, 3.05) is 27.3 Å². The second kappa shape index (κ2) is 7.38. The van der Waals surface area contributed by atoms with Crippen LogP contribution in [0.25, 0.3) is 0 Å². The zero-order valence-corrected chi connectivity index (χ0v) is 14.6. The Balaban J connectivity index is 1.67. The van der Waals surface area contributed by atoms with Gasteiger partial charge in [0.05, 0.1) is 26.5 Å². The molecule has 1 fully saturated rings. The SMILES string of the molecule is COc1cc(OC)cc(C(=O)N2CCC(Oc3ccc(C)nn3)C2)c1. The average Bonchev–Trinajstić information content (AvgIpc) is 3.11. The lowest BCUT2D eigenvalue weighted by atomic mass is 10.1. The number of aromatic nitrogens is 2. The van der Waals surface area contributed by atoms with Crippen LogP contribution in [0.2, 0.25) is 0 Å². The van der Waals surface area contributed by atoms with Crippen LogP contribution in [0, 0.1) is 6.92 Å². The summed E-state index contributed by atoms with van der Waals surface area (Å²) in [6.07, 6.45) is 0.663. The number of methoxy groups -OCH3 is 2. The van der Waals surface area contributed by atoms with Crippen LogP contribution in [0.15, 0.2) is 30.3 Å². The fraction of sp³-hybridized carbons (Fsp3) is 0.389. The van der Waals surface area contributed by atoms with Gasteiger partial charge in [-0.3, -0.25) is 4.79 Å². The Morgan fingerprint density at radius 2 is 1.84 bits per heavy atom. The van der Waals surface area contributed by atoms with Gasteiger partial charge < -0.3 is 19.1 Å². The third-order valence-electron chi connectivity index (χ3n) is 4.09. The van der Waals surface area contributed by atoms with Gasteiger partial charge in [0, 0.05) is 30.7 Å². The lowest BCUT2D eigenvalue weighted by molar-refractivity contribution is 0.0770. The zero-order valence-electron chi connectivity index (χ0n) is 14.6. The van der Waals surface area contributed by atoms with Crippen LogP contribution < -0.4 is 14.2 Å². The van der Waals surface area contributed by atoms with Gasteiger partial charge in [-0.25, -0.2) is 0 Å². The summed E-state index contributed by atoms with van der Waals surface area (Å²) in [5.41, 5.74) is 1.37. The number of carbonyl (C=O) groups is 1. The van der Waals surface area contributed by atoms with Crippen LogP contribution in [0.1, 0.15) is 22.5 Å². The highest BCUT2D eigenvalue weighted by molar-refractivity contribution is 5.95. The number of amides is 1. The van der Waals surface area contributed by atoms with E-state index < -0.39 is 0 Å². The molecule has 2 aromatic rings. The number of rotatable bonds is 5. The lowest BCUT2D eigenvalue weighted by Gasteiger charge is -2.18. The van der Waals surface area contributed by atoms with Crippen molar-refractivity contribution in [3.63, 3.8) is 0 Å². The predicted molar refractivity (Wildman–Crippen MR) is 91.3 cm³/mol. The lowest BCUT2D eigenvalue weighted by Crippen LogP contribution is -2.31. The van der Waals surface area contributed by atoms with Gasteiger partial charge in [0.15, 0.2) is 0 Å². The summed E-state index contributed by atoms with van der Waals surface area (Å²) in [6.45, 7) is 3.01. The first kappa shape index (κ1) is 17.0. The normalized spacial score (nSPS) is 16.6. The summed E-state index contributed by atoms with van der Waals surface area (Å²) < 4.78 is 16.3. The maximum absolute atomic E-state index is 12.8. The number of nitrogens with zero attached hydrogens (tertiary/aromatic N) is 3. The molecule has 132 valence electrons. The quantitative estimate of drug-likeness (QED) is 0.828. The fourth-order valence-electron chi connectivity index (χ4n) is 2.74. The number of carbonyl (C=O) groups excluding carboxylic acids is 1. The van der Waals surface area contributed by atoms with Crippen molar-refractivity contribution in [2.45, 2.75) is 19.4 Å². The molecule has 0 bridgehead atoms. The topological polar surface area (TPSA) is 73.8 Å². The molecule has 7 nitrogen and oxygen atoms in total. The molecule has 25 heavy (non-hydrogen) atoms. The van der Waals surface area contributed by atoms with Crippen LogP contribution in [0.4, 0.5) is 0 Å². The summed E-state index contributed by atoms with van der Waals surface area (Å²) in [5, 5.41) is 7.98. The summed E-state index contributed by atoms with van der Waals surface area (Å²) in [4.78, 5) is 14.5. The van der Waals surface area contributed by atoms with E-state index in [9.17, 15) is 4.79 Å². The number of ether oxygens (including phenoxy) is 3. The fourth-order valence-corrected chi connectivity index (χ4v) is 2.74. The summed E-state index contributed by atoms with van der Waals surface area (Å²) in [6, 6.07) is 8.81. The van der Waals surface area contributed by atoms with Crippen molar-refractivity contribution < 1.29 is 19.0 Å². The van der Waals surface area contributed by atoms with Crippen LogP contribution in [-0.2, 0) is 0 Å². The highest BCUT2D eigenvalue weighted by atomic mass is 16.5. The Bertz CT molecular complexity index is 726. The number of hydrogen-bond donors (Lipinski definition) is 0. The Kier molecular flexibility index (Phi) is 5.02. The molecular weight excluding hydrogens is 322 g/mol. The molecule has 1 aliphatic rings. The van der Waals surface area contributed by atoms with Crippen LogP contribution in [-0.4, -0.2) is 54.4 Å². The van der Waals surface area contributed by atoms with Crippen molar-refractivity contribution in [1.82, 2.24) is 15.1 Å². The van der Waals surface area contributed by atoms with E-state index in [1.165, 1.54) is 0 Å². The third kappa shape index (κ3) is 3.99. The van der Waals surface area contributed by atoms with E-state index >= 15 is 0 Å². The Hall–Kier alpha value is -2.83. The summed E-state index contributed by atoms with van der Waals surface area (Å²) in [7, 11) is 3.12. The molecule has 0 saturated carbocycles. The first-order valence-corrected chi connectivity index (χ1v) is 8.08. The Morgan fingerprint density at radius 3 is 2.44 bits per heavy atom. The van der Waals surface area contributed by atoms with E-state index in [4.69, 9.17) is 14.2 Å². The zero-order chi connectivity index (χ0) is 17.8. The van der Waals surface area contributed by atoms with Gasteiger partial charge in [0.2, 0.25) is 5.88 Å². The van der Waals surface area contributed by atoms with Crippen molar-refractivity contribution in [1.29, 1.82) is 0 Å². The highest BCUT2D eigenvalue weighted by Gasteiger charge is 2.29. The first-order chi connectivity index (χ1) is 12.1. The number of aryl methyl sites for hydroxylation is 1. The van der Waals surface area contributed by atoms with Crippen molar-refractivity contribution in [3.8, 4) is 17.4 Å². The molecule has 0 N–H and O–H groups in total. The molecule has 1 atom stereocenters. The van der Waals surface area contributed by atoms with E-state index in [1.807, 2.05) is 13.0 Å². The van der Waals surface area contributed by atoms with E-state index in [0.717, 1.165) is 12.1 Å². The third-order valence-corrected chi connectivity index (χ3v) is 4.09. The molecule has 1 amide bonds. The van der Waals surface area contributed by atoms with Gasteiger partial charge in [-0.15, -0.1) is 5.10 Å². The molecule has 3 rings (SSSR count). The largest absolute Gasteiger partial charge is 0.497 e. The number of benzene rings is 1. The molecule has 1 unspecified atom stereocenters. The van der Waals surface area contributed by atoms with Gasteiger partial charge in [-0.1, -0.05) is 0 Å². The van der Waals surface area contributed by atoms with E-state index in [2.05, 4.69) is 10.2 Å². The number of likely N-dealkylation sites (tertiary alicyclic amines) is 1. The molecule has 1 aromatic heterocycles. The van der Waals surface area contributed by atoms with Gasteiger partial charge in [-0.05, 0) is 25.1 Å². The van der Waals surface area contributed by atoms with E-state index in [0.29, 0.717) is 36.0 Å². The molecular formula is C18H21N3O4. The van der Waals surface area contributed by atoms with E-state index in [-0.39, 0.29) is 12.0 Å². The average molecular weight is 343 g/mol. The first-order valence-electron chi connectivity index (χ1n) is 8.08. The Labute approximate surface area is 146 Å². The Morgan fingerprint density at radius 1 is 1.12 bits per heavy atom. The van der Waals surface area contributed by atoms with Crippen molar-refractivity contribution >= 4 is 5.91 Å². The van der Waals surface area contributed by atoms with Crippen LogP contribution >= 0.6 is 0 Å². The predicted octanol–water partition coefficient (Wildman–Crippen LogP) is 2.10. The van der Waals surface area contributed by atoms with E-state index in [1.54, 1.807) is 43.4 Å². The molecule has 0 radical (unpaired) electrons. The van der Waals surface area contributed by atoms with Gasteiger partial charge in [0.25, 0.3) is 5.91 Å².